The second-order valence-corrected chi connectivity index (χ2v) is 6.69. The lowest BCUT2D eigenvalue weighted by Gasteiger charge is -2.43. The van der Waals surface area contributed by atoms with Gasteiger partial charge in [-0.2, -0.15) is 0 Å². The van der Waals surface area contributed by atoms with E-state index in [1.807, 2.05) is 27.0 Å². The number of morpholine rings is 1. The van der Waals surface area contributed by atoms with Gasteiger partial charge in [0.1, 0.15) is 0 Å². The summed E-state index contributed by atoms with van der Waals surface area (Å²) in [6.45, 7) is 7.60. The lowest BCUT2D eigenvalue weighted by atomic mass is 10.0. The molecule has 21 heavy (non-hydrogen) atoms. The number of aliphatic hydroxyl groups excluding tert-OH is 1. The first-order valence-corrected chi connectivity index (χ1v) is 7.74. The van der Waals surface area contributed by atoms with Crippen molar-refractivity contribution in [3.05, 3.63) is 28.8 Å². The Bertz CT molecular complexity index is 493. The van der Waals surface area contributed by atoms with Crippen molar-refractivity contribution >= 4 is 17.3 Å². The predicted octanol–water partition coefficient (Wildman–Crippen LogP) is 2.60. The van der Waals surface area contributed by atoms with Crippen LogP contribution in [0.2, 0.25) is 5.02 Å². The Morgan fingerprint density at radius 1 is 1.52 bits per heavy atom. The summed E-state index contributed by atoms with van der Waals surface area (Å²) in [7, 11) is 1.93. The number of hydrogen-bond acceptors (Lipinski definition) is 4. The Morgan fingerprint density at radius 3 is 2.81 bits per heavy atom. The quantitative estimate of drug-likeness (QED) is 0.897. The van der Waals surface area contributed by atoms with Gasteiger partial charge in [0.2, 0.25) is 0 Å². The average molecular weight is 313 g/mol. The van der Waals surface area contributed by atoms with E-state index in [0.29, 0.717) is 6.54 Å². The standard InChI is InChI=1S/C16H25ClN2O2/c1-11(18-4)12-5-6-15(14(17)7-12)19-8-13(9-20)21-16(2,3)10-19/h5-7,11,13,18,20H,8-10H2,1-4H3. The molecule has 0 bridgehead atoms. The highest BCUT2D eigenvalue weighted by atomic mass is 35.5. The fourth-order valence-corrected chi connectivity index (χ4v) is 3.10. The van der Waals surface area contributed by atoms with Gasteiger partial charge in [-0.3, -0.25) is 0 Å². The number of ether oxygens (including phenoxy) is 1. The molecule has 0 saturated carbocycles. The second-order valence-electron chi connectivity index (χ2n) is 6.28. The van der Waals surface area contributed by atoms with Crippen LogP contribution in [0.1, 0.15) is 32.4 Å². The maximum Gasteiger partial charge on any atom is 0.0988 e. The Hall–Kier alpha value is -0.810. The van der Waals surface area contributed by atoms with Crippen LogP contribution in [-0.2, 0) is 4.74 Å². The molecule has 2 unspecified atom stereocenters. The summed E-state index contributed by atoms with van der Waals surface area (Å²) in [6.07, 6.45) is -0.180. The van der Waals surface area contributed by atoms with E-state index < -0.39 is 0 Å². The number of nitrogens with one attached hydrogen (secondary N) is 1. The van der Waals surface area contributed by atoms with E-state index >= 15 is 0 Å². The SMILES string of the molecule is CNC(C)c1ccc(N2CC(CO)OC(C)(C)C2)c(Cl)c1. The van der Waals surface area contributed by atoms with Gasteiger partial charge in [0.05, 0.1) is 29.0 Å². The molecule has 0 spiro atoms. The fraction of sp³-hybridized carbons (Fsp3) is 0.625. The van der Waals surface area contributed by atoms with Gasteiger partial charge in [-0.1, -0.05) is 17.7 Å². The second kappa shape index (κ2) is 6.53. The molecule has 2 rings (SSSR count). The highest BCUT2D eigenvalue weighted by Gasteiger charge is 2.33. The third-order valence-electron chi connectivity index (χ3n) is 3.93. The van der Waals surface area contributed by atoms with Crippen molar-refractivity contribution in [3.63, 3.8) is 0 Å². The number of benzene rings is 1. The van der Waals surface area contributed by atoms with E-state index in [9.17, 15) is 5.11 Å². The van der Waals surface area contributed by atoms with Gasteiger partial charge in [-0.15, -0.1) is 0 Å². The first-order chi connectivity index (χ1) is 9.86. The van der Waals surface area contributed by atoms with Gasteiger partial charge in [0, 0.05) is 19.1 Å². The van der Waals surface area contributed by atoms with E-state index in [1.54, 1.807) is 0 Å². The minimum Gasteiger partial charge on any atom is -0.394 e. The van der Waals surface area contributed by atoms with Crippen molar-refractivity contribution < 1.29 is 9.84 Å². The number of nitrogens with zero attached hydrogens (tertiary/aromatic N) is 1. The molecule has 4 nitrogen and oxygen atoms in total. The molecule has 118 valence electrons. The van der Waals surface area contributed by atoms with E-state index in [0.717, 1.165) is 22.8 Å². The number of aliphatic hydroxyl groups is 1. The lowest BCUT2D eigenvalue weighted by molar-refractivity contribution is -0.101. The molecule has 1 saturated heterocycles. The molecule has 1 aliphatic rings. The normalized spacial score (nSPS) is 23.1. The summed E-state index contributed by atoms with van der Waals surface area (Å²) in [4.78, 5) is 2.19. The molecule has 2 N–H and O–H groups in total. The zero-order valence-corrected chi connectivity index (χ0v) is 13.9. The van der Waals surface area contributed by atoms with Crippen LogP contribution in [-0.4, -0.2) is 43.6 Å². The minimum absolute atomic E-state index is 0.0203. The van der Waals surface area contributed by atoms with Crippen molar-refractivity contribution in [3.8, 4) is 0 Å². The predicted molar refractivity (Wildman–Crippen MR) is 87.2 cm³/mol. The van der Waals surface area contributed by atoms with E-state index in [-0.39, 0.29) is 24.4 Å². The zero-order chi connectivity index (χ0) is 15.6. The van der Waals surface area contributed by atoms with E-state index in [1.165, 1.54) is 0 Å². The summed E-state index contributed by atoms with van der Waals surface area (Å²) < 4.78 is 5.85. The van der Waals surface area contributed by atoms with E-state index in [2.05, 4.69) is 29.3 Å². The van der Waals surface area contributed by atoms with Crippen LogP contribution in [0.4, 0.5) is 5.69 Å². The molecule has 1 aromatic carbocycles. The van der Waals surface area contributed by atoms with E-state index in [4.69, 9.17) is 16.3 Å². The first kappa shape index (κ1) is 16.6. The number of rotatable bonds is 4. The van der Waals surface area contributed by atoms with Crippen molar-refractivity contribution in [1.82, 2.24) is 5.32 Å². The molecule has 0 aromatic heterocycles. The minimum atomic E-state index is -0.300. The molecule has 5 heteroatoms. The maximum atomic E-state index is 9.41. The molecule has 1 aliphatic heterocycles. The molecule has 0 amide bonds. The Balaban J connectivity index is 2.24. The summed E-state index contributed by atoms with van der Waals surface area (Å²) in [5.74, 6) is 0. The van der Waals surface area contributed by atoms with Crippen molar-refractivity contribution in [1.29, 1.82) is 0 Å². The van der Waals surface area contributed by atoms with Gasteiger partial charge in [0.15, 0.2) is 0 Å². The van der Waals surface area contributed by atoms with Gasteiger partial charge >= 0.3 is 0 Å². The van der Waals surface area contributed by atoms with Gasteiger partial charge < -0.3 is 20.1 Å². The number of halogens is 1. The maximum absolute atomic E-state index is 9.41. The first-order valence-electron chi connectivity index (χ1n) is 7.36. The third kappa shape index (κ3) is 3.89. The van der Waals surface area contributed by atoms with Crippen LogP contribution in [0.3, 0.4) is 0 Å². The van der Waals surface area contributed by atoms with Crippen LogP contribution in [0.15, 0.2) is 18.2 Å². The summed E-state index contributed by atoms with van der Waals surface area (Å²) in [6, 6.07) is 6.43. The zero-order valence-electron chi connectivity index (χ0n) is 13.2. The molecule has 1 fully saturated rings. The highest BCUT2D eigenvalue weighted by Crippen LogP contribution is 2.33. The van der Waals surface area contributed by atoms with Crippen LogP contribution in [0.5, 0.6) is 0 Å². The Labute approximate surface area is 132 Å². The summed E-state index contributed by atoms with van der Waals surface area (Å²) in [5, 5.41) is 13.4. The number of hydrogen-bond donors (Lipinski definition) is 2. The largest absolute Gasteiger partial charge is 0.394 e. The molecule has 1 aromatic rings. The highest BCUT2D eigenvalue weighted by molar-refractivity contribution is 6.33. The monoisotopic (exact) mass is 312 g/mol. The van der Waals surface area contributed by atoms with Crippen molar-refractivity contribution in [2.75, 3.05) is 31.6 Å². The Kier molecular flexibility index (Phi) is 5.15. The molecule has 0 aliphatic carbocycles. The average Bonchev–Trinajstić information content (AvgIpc) is 2.44. The Morgan fingerprint density at radius 2 is 2.24 bits per heavy atom. The van der Waals surface area contributed by atoms with Crippen molar-refractivity contribution in [2.45, 2.75) is 38.5 Å². The molecule has 2 atom stereocenters. The summed E-state index contributed by atoms with van der Waals surface area (Å²) >= 11 is 6.48. The van der Waals surface area contributed by atoms with Crippen LogP contribution in [0.25, 0.3) is 0 Å². The van der Waals surface area contributed by atoms with Gasteiger partial charge in [0.25, 0.3) is 0 Å². The molecular formula is C16H25ClN2O2. The lowest BCUT2D eigenvalue weighted by Crippen LogP contribution is -2.54. The van der Waals surface area contributed by atoms with Gasteiger partial charge in [-0.05, 0) is 45.5 Å². The summed E-state index contributed by atoms with van der Waals surface area (Å²) in [5.41, 5.74) is 1.86. The molecule has 1 heterocycles. The van der Waals surface area contributed by atoms with Gasteiger partial charge in [-0.25, -0.2) is 0 Å². The van der Waals surface area contributed by atoms with Crippen LogP contribution >= 0.6 is 11.6 Å². The molecule has 0 radical (unpaired) electrons. The molecular weight excluding hydrogens is 288 g/mol. The van der Waals surface area contributed by atoms with Crippen LogP contribution < -0.4 is 10.2 Å². The van der Waals surface area contributed by atoms with Crippen molar-refractivity contribution in [2.24, 2.45) is 0 Å². The third-order valence-corrected chi connectivity index (χ3v) is 4.23. The number of anilines is 1. The topological polar surface area (TPSA) is 44.7 Å². The van der Waals surface area contributed by atoms with Crippen LogP contribution in [0, 0.1) is 0 Å². The fourth-order valence-electron chi connectivity index (χ4n) is 2.79. The smallest absolute Gasteiger partial charge is 0.0988 e.